The third-order valence-corrected chi connectivity index (χ3v) is 4.95. The van der Waals surface area contributed by atoms with Crippen LogP contribution in [-0.4, -0.2) is 17.6 Å². The highest BCUT2D eigenvalue weighted by atomic mass is 35.5. The van der Waals surface area contributed by atoms with Gasteiger partial charge in [-0.1, -0.05) is 54.1 Å². The molecule has 2 nitrogen and oxygen atoms in total. The summed E-state index contributed by atoms with van der Waals surface area (Å²) < 4.78 is 0. The Hall–Kier alpha value is -2.03. The number of hydrogen-bond acceptors (Lipinski definition) is 1. The van der Waals surface area contributed by atoms with Crippen molar-refractivity contribution in [2.24, 2.45) is 0 Å². The van der Waals surface area contributed by atoms with E-state index in [1.165, 1.54) is 11.1 Å². The van der Waals surface area contributed by atoms with Crippen LogP contribution in [0.25, 0.3) is 27.6 Å². The molecule has 23 heavy (non-hydrogen) atoms. The average Bonchev–Trinajstić information content (AvgIpc) is 3.01. The molecule has 2 heterocycles. The first-order valence-corrected chi connectivity index (χ1v) is 8.39. The second kappa shape index (κ2) is 5.88. The zero-order valence-electron chi connectivity index (χ0n) is 13.1. The number of benzene rings is 2. The maximum absolute atomic E-state index is 6.82. The number of aromatic nitrogens is 1. The largest absolute Gasteiger partial charge is 0.361 e. The fraction of sp³-hybridized carbons (Fsp3) is 0.200. The van der Waals surface area contributed by atoms with Crippen molar-refractivity contribution in [2.75, 3.05) is 6.54 Å². The van der Waals surface area contributed by atoms with Gasteiger partial charge in [0, 0.05) is 40.8 Å². The molecule has 1 aromatic heterocycles. The molecule has 2 N–H and O–H groups in total. The molecule has 0 saturated heterocycles. The monoisotopic (exact) mass is 322 g/mol. The van der Waals surface area contributed by atoms with Crippen LogP contribution in [0.4, 0.5) is 0 Å². The summed E-state index contributed by atoms with van der Waals surface area (Å²) in [4.78, 5) is 3.37. The smallest absolute Gasteiger partial charge is 0.0584 e. The summed E-state index contributed by atoms with van der Waals surface area (Å²) in [6.45, 7) is 3.14. The van der Waals surface area contributed by atoms with Crippen molar-refractivity contribution >= 4 is 28.1 Å². The Labute approximate surface area is 141 Å². The summed E-state index contributed by atoms with van der Waals surface area (Å²) in [6, 6.07) is 15.0. The van der Waals surface area contributed by atoms with E-state index in [0.717, 1.165) is 40.0 Å². The average molecular weight is 323 g/mol. The van der Waals surface area contributed by atoms with Gasteiger partial charge in [0.25, 0.3) is 0 Å². The number of aromatic amines is 1. The predicted octanol–water partition coefficient (Wildman–Crippen LogP) is 5.25. The molecule has 0 saturated carbocycles. The van der Waals surface area contributed by atoms with Gasteiger partial charge < -0.3 is 10.3 Å². The van der Waals surface area contributed by atoms with Crippen molar-refractivity contribution in [3.63, 3.8) is 0 Å². The van der Waals surface area contributed by atoms with Crippen LogP contribution in [-0.2, 0) is 0 Å². The second-order valence-electron chi connectivity index (χ2n) is 6.16. The zero-order chi connectivity index (χ0) is 15.8. The SMILES string of the molecule is CC1CC(c2c[nH]c3ccc(-c4ccccc4)c(Cl)c23)=CCN1. The van der Waals surface area contributed by atoms with E-state index in [-0.39, 0.29) is 0 Å². The number of H-pyrrole nitrogens is 1. The first kappa shape index (κ1) is 14.6. The van der Waals surface area contributed by atoms with E-state index in [1.807, 2.05) is 18.2 Å². The van der Waals surface area contributed by atoms with E-state index in [9.17, 15) is 0 Å². The molecule has 1 aliphatic rings. The van der Waals surface area contributed by atoms with Crippen LogP contribution in [0.2, 0.25) is 5.02 Å². The summed E-state index contributed by atoms with van der Waals surface area (Å²) in [5.74, 6) is 0. The van der Waals surface area contributed by atoms with Gasteiger partial charge in [-0.15, -0.1) is 0 Å². The summed E-state index contributed by atoms with van der Waals surface area (Å²) in [5.41, 5.74) is 5.94. The van der Waals surface area contributed by atoms with Crippen LogP contribution in [0, 0.1) is 0 Å². The lowest BCUT2D eigenvalue weighted by Crippen LogP contribution is -2.29. The molecular weight excluding hydrogens is 304 g/mol. The molecule has 0 fully saturated rings. The van der Waals surface area contributed by atoms with Crippen LogP contribution in [0.1, 0.15) is 18.9 Å². The molecule has 0 radical (unpaired) electrons. The fourth-order valence-electron chi connectivity index (χ4n) is 3.36. The fourth-order valence-corrected chi connectivity index (χ4v) is 3.74. The molecule has 1 aliphatic heterocycles. The van der Waals surface area contributed by atoms with Crippen LogP contribution in [0.15, 0.2) is 54.7 Å². The lowest BCUT2D eigenvalue weighted by Gasteiger charge is -2.20. The minimum absolute atomic E-state index is 0.496. The van der Waals surface area contributed by atoms with E-state index in [0.29, 0.717) is 6.04 Å². The summed E-state index contributed by atoms with van der Waals surface area (Å²) >= 11 is 6.82. The summed E-state index contributed by atoms with van der Waals surface area (Å²) in [5, 5.41) is 5.42. The Balaban J connectivity index is 1.89. The van der Waals surface area contributed by atoms with Gasteiger partial charge in [0.15, 0.2) is 0 Å². The van der Waals surface area contributed by atoms with E-state index in [1.54, 1.807) is 0 Å². The molecule has 1 atom stereocenters. The lowest BCUT2D eigenvalue weighted by atomic mass is 9.94. The van der Waals surface area contributed by atoms with Crippen molar-refractivity contribution in [3.8, 4) is 11.1 Å². The van der Waals surface area contributed by atoms with Crippen LogP contribution < -0.4 is 5.32 Å². The van der Waals surface area contributed by atoms with E-state index in [2.05, 4.69) is 53.8 Å². The van der Waals surface area contributed by atoms with Gasteiger partial charge in [0.2, 0.25) is 0 Å². The maximum atomic E-state index is 6.82. The Bertz CT molecular complexity index is 877. The van der Waals surface area contributed by atoms with E-state index in [4.69, 9.17) is 11.6 Å². The van der Waals surface area contributed by atoms with Crippen molar-refractivity contribution in [1.82, 2.24) is 10.3 Å². The molecule has 116 valence electrons. The number of rotatable bonds is 2. The lowest BCUT2D eigenvalue weighted by molar-refractivity contribution is 0.579. The van der Waals surface area contributed by atoms with Crippen LogP contribution >= 0.6 is 11.6 Å². The number of hydrogen-bond donors (Lipinski definition) is 2. The third-order valence-electron chi connectivity index (χ3n) is 4.55. The molecule has 3 heteroatoms. The van der Waals surface area contributed by atoms with Crippen molar-refractivity contribution in [1.29, 1.82) is 0 Å². The molecule has 0 spiro atoms. The number of fused-ring (bicyclic) bond motifs is 1. The van der Waals surface area contributed by atoms with Crippen molar-refractivity contribution in [2.45, 2.75) is 19.4 Å². The Morgan fingerprint density at radius 1 is 1.04 bits per heavy atom. The van der Waals surface area contributed by atoms with Gasteiger partial charge in [-0.25, -0.2) is 0 Å². The third kappa shape index (κ3) is 2.58. The van der Waals surface area contributed by atoms with Gasteiger partial charge >= 0.3 is 0 Å². The molecule has 2 aromatic carbocycles. The normalized spacial score (nSPS) is 18.2. The quantitative estimate of drug-likeness (QED) is 0.662. The van der Waals surface area contributed by atoms with Gasteiger partial charge in [0.1, 0.15) is 0 Å². The van der Waals surface area contributed by atoms with Crippen molar-refractivity contribution < 1.29 is 0 Å². The zero-order valence-corrected chi connectivity index (χ0v) is 13.8. The minimum Gasteiger partial charge on any atom is -0.361 e. The van der Waals surface area contributed by atoms with Gasteiger partial charge in [0.05, 0.1) is 5.02 Å². The van der Waals surface area contributed by atoms with Gasteiger partial charge in [-0.3, -0.25) is 0 Å². The first-order chi connectivity index (χ1) is 11.2. The van der Waals surface area contributed by atoms with E-state index >= 15 is 0 Å². The van der Waals surface area contributed by atoms with Crippen molar-refractivity contribution in [3.05, 3.63) is 65.3 Å². The maximum Gasteiger partial charge on any atom is 0.0584 e. The van der Waals surface area contributed by atoms with Gasteiger partial charge in [-0.05, 0) is 30.5 Å². The molecule has 0 bridgehead atoms. The number of halogens is 1. The standard InChI is InChI=1S/C20H19ClN2/c1-13-11-15(9-10-22-13)17-12-23-18-8-7-16(20(21)19(17)18)14-5-3-2-4-6-14/h2-9,12-13,22-23H,10-11H2,1H3. The van der Waals surface area contributed by atoms with E-state index < -0.39 is 0 Å². The summed E-state index contributed by atoms with van der Waals surface area (Å²) in [7, 11) is 0. The second-order valence-corrected chi connectivity index (χ2v) is 6.54. The highest BCUT2D eigenvalue weighted by Gasteiger charge is 2.18. The highest BCUT2D eigenvalue weighted by Crippen LogP contribution is 2.39. The van der Waals surface area contributed by atoms with Crippen LogP contribution in [0.3, 0.4) is 0 Å². The minimum atomic E-state index is 0.496. The molecule has 1 unspecified atom stereocenters. The Morgan fingerprint density at radius 3 is 2.65 bits per heavy atom. The molecule has 4 rings (SSSR count). The number of nitrogens with one attached hydrogen (secondary N) is 2. The first-order valence-electron chi connectivity index (χ1n) is 8.02. The molecule has 0 amide bonds. The Morgan fingerprint density at radius 2 is 1.87 bits per heavy atom. The van der Waals surface area contributed by atoms with Gasteiger partial charge in [-0.2, -0.15) is 0 Å². The van der Waals surface area contributed by atoms with Crippen LogP contribution in [0.5, 0.6) is 0 Å². The predicted molar refractivity (Wildman–Crippen MR) is 98.8 cm³/mol. The summed E-state index contributed by atoms with van der Waals surface area (Å²) in [6.07, 6.45) is 5.39. The molecule has 0 aliphatic carbocycles. The topological polar surface area (TPSA) is 27.8 Å². The molecular formula is C20H19ClN2. The molecule has 3 aromatic rings. The highest BCUT2D eigenvalue weighted by molar-refractivity contribution is 6.39. The Kier molecular flexibility index (Phi) is 3.72.